The summed E-state index contributed by atoms with van der Waals surface area (Å²) in [5.74, 6) is -0.338. The highest BCUT2D eigenvalue weighted by atomic mass is 16.5. The van der Waals surface area contributed by atoms with Crippen LogP contribution >= 0.6 is 0 Å². The molecule has 2 N–H and O–H groups in total. The molecule has 29 heavy (non-hydrogen) atoms. The van der Waals surface area contributed by atoms with Crippen molar-refractivity contribution in [1.29, 1.82) is 0 Å². The molecule has 152 valence electrons. The minimum Gasteiger partial charge on any atom is -0.497 e. The van der Waals surface area contributed by atoms with Crippen molar-refractivity contribution in [2.75, 3.05) is 26.1 Å². The van der Waals surface area contributed by atoms with E-state index in [-0.39, 0.29) is 11.8 Å². The van der Waals surface area contributed by atoms with E-state index in [0.29, 0.717) is 37.1 Å². The van der Waals surface area contributed by atoms with Crippen molar-refractivity contribution >= 4 is 23.5 Å². The Labute approximate surface area is 169 Å². The summed E-state index contributed by atoms with van der Waals surface area (Å²) in [5, 5.41) is 5.61. The number of hydrogen-bond acceptors (Lipinski definition) is 5. The average molecular weight is 396 g/mol. The molecule has 0 atom stereocenters. The number of methoxy groups -OCH3 is 2. The van der Waals surface area contributed by atoms with E-state index >= 15 is 0 Å². The van der Waals surface area contributed by atoms with Crippen LogP contribution in [-0.2, 0) is 20.7 Å². The molecule has 1 fully saturated rings. The number of rotatable bonds is 8. The Morgan fingerprint density at radius 2 is 1.72 bits per heavy atom. The normalized spacial score (nSPS) is 13.9. The molecule has 7 heteroatoms. The molecule has 1 saturated carbocycles. The van der Waals surface area contributed by atoms with Crippen LogP contribution in [0.3, 0.4) is 0 Å². The first-order valence-corrected chi connectivity index (χ1v) is 9.39. The van der Waals surface area contributed by atoms with Gasteiger partial charge in [-0.15, -0.1) is 0 Å². The molecule has 7 nitrogen and oxygen atoms in total. The van der Waals surface area contributed by atoms with Crippen molar-refractivity contribution in [3.63, 3.8) is 0 Å². The van der Waals surface area contributed by atoms with Crippen molar-refractivity contribution in [3.8, 4) is 5.75 Å². The third-order valence-corrected chi connectivity index (χ3v) is 5.02. The maximum Gasteiger partial charge on any atom is 0.337 e. The second kappa shape index (κ2) is 8.77. The van der Waals surface area contributed by atoms with Gasteiger partial charge in [0, 0.05) is 12.2 Å². The molecule has 1 aliphatic carbocycles. The Balaban J connectivity index is 1.55. The van der Waals surface area contributed by atoms with Gasteiger partial charge >= 0.3 is 5.97 Å². The maximum absolute atomic E-state index is 12.7. The Morgan fingerprint density at radius 1 is 1.00 bits per heavy atom. The van der Waals surface area contributed by atoms with Gasteiger partial charge in [0.25, 0.3) is 0 Å². The van der Waals surface area contributed by atoms with E-state index in [0.717, 1.165) is 11.3 Å². The van der Waals surface area contributed by atoms with Crippen LogP contribution in [0.25, 0.3) is 0 Å². The van der Waals surface area contributed by atoms with E-state index in [1.54, 1.807) is 25.3 Å². The van der Waals surface area contributed by atoms with Crippen molar-refractivity contribution in [2.24, 2.45) is 5.41 Å². The third-order valence-electron chi connectivity index (χ3n) is 5.02. The number of amides is 2. The molecule has 0 spiro atoms. The van der Waals surface area contributed by atoms with E-state index in [1.165, 1.54) is 13.2 Å². The molecule has 2 aromatic carbocycles. The van der Waals surface area contributed by atoms with Crippen LogP contribution in [0.15, 0.2) is 48.5 Å². The smallest absolute Gasteiger partial charge is 0.337 e. The quantitative estimate of drug-likeness (QED) is 0.528. The van der Waals surface area contributed by atoms with Gasteiger partial charge in [-0.2, -0.15) is 0 Å². The monoisotopic (exact) mass is 396 g/mol. The van der Waals surface area contributed by atoms with E-state index in [2.05, 4.69) is 15.4 Å². The number of benzene rings is 2. The molecule has 1 aliphatic rings. The van der Waals surface area contributed by atoms with Crippen LogP contribution in [-0.4, -0.2) is 38.5 Å². The third kappa shape index (κ3) is 4.74. The van der Waals surface area contributed by atoms with Gasteiger partial charge in [0.1, 0.15) is 11.2 Å². The van der Waals surface area contributed by atoms with Gasteiger partial charge in [0.2, 0.25) is 11.8 Å². The van der Waals surface area contributed by atoms with Crippen molar-refractivity contribution in [3.05, 3.63) is 59.7 Å². The van der Waals surface area contributed by atoms with Crippen LogP contribution in [0.5, 0.6) is 5.75 Å². The fraction of sp³-hybridized carbons (Fsp3) is 0.318. The van der Waals surface area contributed by atoms with Crippen molar-refractivity contribution in [1.82, 2.24) is 5.32 Å². The second-order valence-corrected chi connectivity index (χ2v) is 6.96. The SMILES string of the molecule is COC(=O)c1cccc(NC(=O)C2(C(=O)NCCc3ccc(OC)cc3)CC2)c1. The zero-order valence-corrected chi connectivity index (χ0v) is 16.5. The molecular weight excluding hydrogens is 372 g/mol. The lowest BCUT2D eigenvalue weighted by molar-refractivity contribution is -0.134. The summed E-state index contributed by atoms with van der Waals surface area (Å²) >= 11 is 0. The lowest BCUT2D eigenvalue weighted by Crippen LogP contribution is -2.40. The lowest BCUT2D eigenvalue weighted by Gasteiger charge is -2.16. The van der Waals surface area contributed by atoms with E-state index in [1.807, 2.05) is 24.3 Å². The fourth-order valence-corrected chi connectivity index (χ4v) is 3.06. The number of esters is 1. The molecule has 2 amide bonds. The first-order chi connectivity index (χ1) is 14.0. The average Bonchev–Trinajstić information content (AvgIpc) is 3.56. The highest BCUT2D eigenvalue weighted by molar-refractivity contribution is 6.13. The van der Waals surface area contributed by atoms with Crippen LogP contribution in [0, 0.1) is 5.41 Å². The number of anilines is 1. The Hall–Kier alpha value is -3.35. The molecule has 0 unspecified atom stereocenters. The van der Waals surface area contributed by atoms with Gasteiger partial charge in [-0.25, -0.2) is 4.79 Å². The summed E-state index contributed by atoms with van der Waals surface area (Å²) in [6.07, 6.45) is 1.67. The predicted molar refractivity (Wildman–Crippen MR) is 108 cm³/mol. The minimum atomic E-state index is -1.04. The zero-order chi connectivity index (χ0) is 20.9. The van der Waals surface area contributed by atoms with E-state index in [9.17, 15) is 14.4 Å². The number of ether oxygens (including phenoxy) is 2. The lowest BCUT2D eigenvalue weighted by atomic mass is 10.0. The number of carbonyl (C=O) groups is 3. The summed E-state index contributed by atoms with van der Waals surface area (Å²) in [6.45, 7) is 0.442. The van der Waals surface area contributed by atoms with E-state index in [4.69, 9.17) is 4.74 Å². The van der Waals surface area contributed by atoms with Crippen molar-refractivity contribution in [2.45, 2.75) is 19.3 Å². The molecule has 2 aromatic rings. The Morgan fingerprint density at radius 3 is 2.34 bits per heavy atom. The Kier molecular flexibility index (Phi) is 6.16. The molecule has 0 saturated heterocycles. The van der Waals surface area contributed by atoms with Gasteiger partial charge in [-0.05, 0) is 55.2 Å². The van der Waals surface area contributed by atoms with Crippen molar-refractivity contribution < 1.29 is 23.9 Å². The van der Waals surface area contributed by atoms with Crippen LogP contribution in [0.1, 0.15) is 28.8 Å². The van der Waals surface area contributed by atoms with E-state index < -0.39 is 11.4 Å². The molecule has 3 rings (SSSR count). The summed E-state index contributed by atoms with van der Waals surface area (Å²) in [7, 11) is 2.91. The summed E-state index contributed by atoms with van der Waals surface area (Å²) in [4.78, 5) is 36.9. The predicted octanol–water partition coefficient (Wildman–Crippen LogP) is 2.56. The standard InChI is InChI=1S/C22H24N2O5/c1-28-18-8-6-15(7-9-18)10-13-23-20(26)22(11-12-22)21(27)24-17-5-3-4-16(14-17)19(25)29-2/h3-9,14H,10-13H2,1-2H3,(H,23,26)(H,24,27). The molecule has 0 radical (unpaired) electrons. The Bertz CT molecular complexity index is 904. The first-order valence-electron chi connectivity index (χ1n) is 9.39. The molecule has 0 aromatic heterocycles. The first kappa shape index (κ1) is 20.4. The topological polar surface area (TPSA) is 93.7 Å². The highest BCUT2D eigenvalue weighted by Gasteiger charge is 2.56. The van der Waals surface area contributed by atoms with Gasteiger partial charge in [-0.3, -0.25) is 9.59 Å². The number of nitrogens with one attached hydrogen (secondary N) is 2. The largest absolute Gasteiger partial charge is 0.497 e. The highest BCUT2D eigenvalue weighted by Crippen LogP contribution is 2.46. The number of carbonyl (C=O) groups excluding carboxylic acids is 3. The van der Waals surface area contributed by atoms with Crippen LogP contribution in [0.4, 0.5) is 5.69 Å². The van der Waals surface area contributed by atoms with Gasteiger partial charge in [0.05, 0.1) is 19.8 Å². The zero-order valence-electron chi connectivity index (χ0n) is 16.5. The molecule has 0 aliphatic heterocycles. The number of hydrogen-bond donors (Lipinski definition) is 2. The molecule has 0 bridgehead atoms. The summed E-state index contributed by atoms with van der Waals surface area (Å²) < 4.78 is 9.81. The second-order valence-electron chi connectivity index (χ2n) is 6.96. The molecular formula is C22H24N2O5. The maximum atomic E-state index is 12.7. The summed E-state index contributed by atoms with van der Waals surface area (Å²) in [6, 6.07) is 14.1. The van der Waals surface area contributed by atoms with Gasteiger partial charge < -0.3 is 20.1 Å². The van der Waals surface area contributed by atoms with Gasteiger partial charge in [-0.1, -0.05) is 18.2 Å². The molecule has 0 heterocycles. The summed E-state index contributed by atoms with van der Waals surface area (Å²) in [5.41, 5.74) is 0.815. The van der Waals surface area contributed by atoms with Gasteiger partial charge in [0.15, 0.2) is 0 Å². The van der Waals surface area contributed by atoms with Crippen LogP contribution < -0.4 is 15.4 Å². The minimum absolute atomic E-state index is 0.271. The fourth-order valence-electron chi connectivity index (χ4n) is 3.06. The van der Waals surface area contributed by atoms with Crippen LogP contribution in [0.2, 0.25) is 0 Å².